The quantitative estimate of drug-likeness (QED) is 0.525. The third-order valence-electron chi connectivity index (χ3n) is 6.12. The van der Waals surface area contributed by atoms with Gasteiger partial charge in [-0.05, 0) is 41.3 Å². The van der Waals surface area contributed by atoms with Crippen LogP contribution in [0.25, 0.3) is 11.1 Å². The van der Waals surface area contributed by atoms with Crippen molar-refractivity contribution in [1.82, 2.24) is 10.6 Å². The van der Waals surface area contributed by atoms with Crippen molar-refractivity contribution in [2.45, 2.75) is 25.9 Å². The van der Waals surface area contributed by atoms with E-state index in [2.05, 4.69) is 10.6 Å². The molecule has 1 heterocycles. The molecule has 0 unspecified atom stereocenters. The van der Waals surface area contributed by atoms with E-state index in [1.54, 1.807) is 26.1 Å². The van der Waals surface area contributed by atoms with Gasteiger partial charge in [0.1, 0.15) is 23.6 Å². The highest BCUT2D eigenvalue weighted by Gasteiger charge is 2.35. The van der Waals surface area contributed by atoms with E-state index in [9.17, 15) is 23.2 Å². The van der Waals surface area contributed by atoms with Gasteiger partial charge < -0.3 is 15.5 Å². The normalized spacial score (nSPS) is 15.5. The molecule has 180 valence electrons. The van der Waals surface area contributed by atoms with Crippen LogP contribution in [0.1, 0.15) is 30.5 Å². The second kappa shape index (κ2) is 10.0. The molecule has 6 nitrogen and oxygen atoms in total. The number of fused-ring (bicyclic) bond motifs is 3. The number of carbonyl (C=O) groups is 3. The summed E-state index contributed by atoms with van der Waals surface area (Å²) in [5, 5.41) is 5.33. The molecule has 1 aliphatic heterocycles. The highest BCUT2D eigenvalue weighted by Crippen LogP contribution is 2.39. The summed E-state index contributed by atoms with van der Waals surface area (Å²) >= 11 is 0. The van der Waals surface area contributed by atoms with Gasteiger partial charge in [0.2, 0.25) is 11.8 Å². The third-order valence-corrected chi connectivity index (χ3v) is 6.12. The number of hydrogen-bond donors (Lipinski definition) is 2. The van der Waals surface area contributed by atoms with Crippen LogP contribution in [0.2, 0.25) is 0 Å². The summed E-state index contributed by atoms with van der Waals surface area (Å²) in [5.74, 6) is -4.14. The van der Waals surface area contributed by atoms with Gasteiger partial charge in [-0.15, -0.1) is 0 Å². The molecule has 2 N–H and O–H groups in total. The number of likely N-dealkylation sites (N-methyl/N-ethyl adjacent to an activating group) is 1. The monoisotopic (exact) mass is 477 g/mol. The SMILES string of the molecule is CC[C@@H](C(=O)NCc1cc(F)cc(F)c1)C(=O)N[C@@H]1C(=O)N(C)c2ccccc2-c2ccccc21. The first-order chi connectivity index (χ1) is 16.8. The molecule has 4 rings (SSSR count). The van der Waals surface area contributed by atoms with Gasteiger partial charge in [-0.25, -0.2) is 8.78 Å². The van der Waals surface area contributed by atoms with Crippen molar-refractivity contribution in [1.29, 1.82) is 0 Å². The molecule has 0 bridgehead atoms. The van der Waals surface area contributed by atoms with E-state index in [4.69, 9.17) is 0 Å². The van der Waals surface area contributed by atoms with E-state index in [1.807, 2.05) is 36.4 Å². The number of halogens is 2. The molecule has 0 aromatic heterocycles. The minimum Gasteiger partial charge on any atom is -0.351 e. The molecule has 0 saturated carbocycles. The lowest BCUT2D eigenvalue weighted by atomic mass is 9.94. The predicted octanol–water partition coefficient (Wildman–Crippen LogP) is 4.11. The number of anilines is 1. The van der Waals surface area contributed by atoms with Gasteiger partial charge >= 0.3 is 0 Å². The zero-order valence-corrected chi connectivity index (χ0v) is 19.3. The van der Waals surface area contributed by atoms with E-state index in [0.717, 1.165) is 29.3 Å². The Bertz CT molecular complexity index is 1270. The standard InChI is InChI=1S/C27H25F2N3O3/c1-3-19(25(33)30-15-16-12-17(28)14-18(29)13-16)26(34)31-24-22-10-5-4-8-20(22)21-9-6-7-11-23(21)32(2)27(24)35/h4-14,19,24H,3,15H2,1-2H3,(H,30,33)(H,31,34)/t19-,24-/m0/s1. The molecule has 3 aromatic carbocycles. The first-order valence-corrected chi connectivity index (χ1v) is 11.3. The van der Waals surface area contributed by atoms with E-state index < -0.39 is 35.4 Å². The highest BCUT2D eigenvalue weighted by molar-refractivity contribution is 6.07. The summed E-state index contributed by atoms with van der Waals surface area (Å²) in [6.45, 7) is 1.54. The second-order valence-electron chi connectivity index (χ2n) is 8.40. The largest absolute Gasteiger partial charge is 0.351 e. The minimum atomic E-state index is -1.09. The maximum Gasteiger partial charge on any atom is 0.253 e. The summed E-state index contributed by atoms with van der Waals surface area (Å²) < 4.78 is 26.9. The van der Waals surface area contributed by atoms with Gasteiger partial charge in [0.05, 0.1) is 5.69 Å². The molecule has 0 aliphatic carbocycles. The van der Waals surface area contributed by atoms with E-state index in [0.29, 0.717) is 11.3 Å². The highest BCUT2D eigenvalue weighted by atomic mass is 19.1. The van der Waals surface area contributed by atoms with Crippen LogP contribution in [0, 0.1) is 17.6 Å². The number of nitrogens with zero attached hydrogens (tertiary/aromatic N) is 1. The number of para-hydroxylation sites is 1. The average molecular weight is 478 g/mol. The number of carbonyl (C=O) groups excluding carboxylic acids is 3. The van der Waals surface area contributed by atoms with Crippen LogP contribution < -0.4 is 15.5 Å². The van der Waals surface area contributed by atoms with Crippen LogP contribution in [0.3, 0.4) is 0 Å². The Morgan fingerprint density at radius 3 is 2.26 bits per heavy atom. The summed E-state index contributed by atoms with van der Waals surface area (Å²) in [5.41, 5.74) is 3.26. The van der Waals surface area contributed by atoms with Crippen LogP contribution in [0.15, 0.2) is 66.7 Å². The van der Waals surface area contributed by atoms with Gasteiger partial charge in [-0.2, -0.15) is 0 Å². The molecule has 0 spiro atoms. The van der Waals surface area contributed by atoms with Crippen molar-refractivity contribution < 1.29 is 23.2 Å². The number of amides is 3. The van der Waals surface area contributed by atoms with Gasteiger partial charge in [0.15, 0.2) is 0 Å². The molecule has 8 heteroatoms. The molecular weight excluding hydrogens is 452 g/mol. The molecule has 35 heavy (non-hydrogen) atoms. The second-order valence-corrected chi connectivity index (χ2v) is 8.40. The number of nitrogens with one attached hydrogen (secondary N) is 2. The zero-order chi connectivity index (χ0) is 25.1. The lowest BCUT2D eigenvalue weighted by Crippen LogP contribution is -2.46. The van der Waals surface area contributed by atoms with E-state index in [-0.39, 0.29) is 24.4 Å². The number of rotatable bonds is 6. The van der Waals surface area contributed by atoms with Crippen molar-refractivity contribution in [3.8, 4) is 11.1 Å². The smallest absolute Gasteiger partial charge is 0.253 e. The van der Waals surface area contributed by atoms with Gasteiger partial charge in [0, 0.05) is 25.2 Å². The molecule has 3 aromatic rings. The Morgan fingerprint density at radius 1 is 0.943 bits per heavy atom. The molecule has 0 radical (unpaired) electrons. The lowest BCUT2D eigenvalue weighted by molar-refractivity contribution is -0.137. The van der Waals surface area contributed by atoms with Crippen LogP contribution in [-0.4, -0.2) is 24.8 Å². The van der Waals surface area contributed by atoms with Crippen molar-refractivity contribution >= 4 is 23.4 Å². The summed E-state index contributed by atoms with van der Waals surface area (Å²) in [4.78, 5) is 40.9. The first kappa shape index (κ1) is 24.1. The maximum absolute atomic E-state index is 13.4. The molecule has 2 atom stereocenters. The van der Waals surface area contributed by atoms with Crippen molar-refractivity contribution in [2.24, 2.45) is 5.92 Å². The van der Waals surface area contributed by atoms with Crippen LogP contribution >= 0.6 is 0 Å². The molecule has 1 aliphatic rings. The van der Waals surface area contributed by atoms with Gasteiger partial charge in [0.25, 0.3) is 5.91 Å². The van der Waals surface area contributed by atoms with Crippen LogP contribution in [0.4, 0.5) is 14.5 Å². The van der Waals surface area contributed by atoms with E-state index in [1.165, 1.54) is 4.90 Å². The molecule has 3 amide bonds. The summed E-state index contributed by atoms with van der Waals surface area (Å²) in [6, 6.07) is 16.8. The molecule has 0 saturated heterocycles. The van der Waals surface area contributed by atoms with E-state index >= 15 is 0 Å². The van der Waals surface area contributed by atoms with Gasteiger partial charge in [-0.1, -0.05) is 49.4 Å². The lowest BCUT2D eigenvalue weighted by Gasteiger charge is -2.24. The molecular formula is C27H25F2N3O3. The zero-order valence-electron chi connectivity index (χ0n) is 19.3. The average Bonchev–Trinajstić information content (AvgIpc) is 2.92. The topological polar surface area (TPSA) is 78.5 Å². The Morgan fingerprint density at radius 2 is 1.57 bits per heavy atom. The Kier molecular flexibility index (Phi) is 6.91. The van der Waals surface area contributed by atoms with Crippen molar-refractivity contribution in [3.63, 3.8) is 0 Å². The molecule has 0 fully saturated rings. The number of hydrogen-bond acceptors (Lipinski definition) is 3. The summed E-state index contributed by atoms with van der Waals surface area (Å²) in [7, 11) is 1.65. The Balaban J connectivity index is 1.55. The predicted molar refractivity (Wildman–Crippen MR) is 128 cm³/mol. The Hall–Kier alpha value is -4.07. The van der Waals surface area contributed by atoms with Gasteiger partial charge in [-0.3, -0.25) is 14.4 Å². The maximum atomic E-state index is 13.4. The number of benzene rings is 3. The fourth-order valence-corrected chi connectivity index (χ4v) is 4.33. The summed E-state index contributed by atoms with van der Waals surface area (Å²) in [6.07, 6.45) is 0.174. The fraction of sp³-hybridized carbons (Fsp3) is 0.222. The first-order valence-electron chi connectivity index (χ1n) is 11.3. The minimum absolute atomic E-state index is 0.138. The third kappa shape index (κ3) is 4.91. The fourth-order valence-electron chi connectivity index (χ4n) is 4.33. The van der Waals surface area contributed by atoms with Crippen molar-refractivity contribution in [3.05, 3.63) is 89.5 Å². The van der Waals surface area contributed by atoms with Crippen molar-refractivity contribution in [2.75, 3.05) is 11.9 Å². The Labute approximate surface area is 201 Å². The van der Waals surface area contributed by atoms with Crippen LogP contribution in [0.5, 0.6) is 0 Å². The van der Waals surface area contributed by atoms with Crippen LogP contribution in [-0.2, 0) is 20.9 Å².